The minimum absolute atomic E-state index is 0.0938. The average molecular weight is 234 g/mol. The number of ether oxygens (including phenoxy) is 1. The van der Waals surface area contributed by atoms with E-state index in [-0.39, 0.29) is 12.5 Å². The molecule has 17 heavy (non-hydrogen) atoms. The van der Waals surface area contributed by atoms with E-state index in [9.17, 15) is 4.79 Å². The number of fused-ring (bicyclic) bond motifs is 1. The number of esters is 1. The Morgan fingerprint density at radius 1 is 1.53 bits per heavy atom. The molecule has 6 nitrogen and oxygen atoms in total. The second-order valence-corrected chi connectivity index (χ2v) is 3.54. The smallest absolute Gasteiger partial charge is 0.325 e. The number of nitrogens with zero attached hydrogens (tertiary/aromatic N) is 3. The Balaban J connectivity index is 2.16. The average Bonchev–Trinajstić information content (AvgIpc) is 2.70. The molecule has 6 heteroatoms. The summed E-state index contributed by atoms with van der Waals surface area (Å²) in [6.45, 7) is 2.24. The maximum Gasteiger partial charge on any atom is 0.325 e. The highest BCUT2D eigenvalue weighted by Crippen LogP contribution is 2.17. The second-order valence-electron chi connectivity index (χ2n) is 3.54. The highest BCUT2D eigenvalue weighted by Gasteiger charge is 2.08. The Labute approximate surface area is 98.6 Å². The molecule has 0 radical (unpaired) electrons. The number of pyridine rings is 1. The van der Waals surface area contributed by atoms with Crippen LogP contribution in [0.3, 0.4) is 0 Å². The van der Waals surface area contributed by atoms with Crippen molar-refractivity contribution in [1.29, 1.82) is 0 Å². The van der Waals surface area contributed by atoms with Crippen molar-refractivity contribution in [2.24, 2.45) is 7.05 Å². The van der Waals surface area contributed by atoms with Crippen LogP contribution in [0.15, 0.2) is 18.6 Å². The van der Waals surface area contributed by atoms with E-state index in [4.69, 9.17) is 4.74 Å². The van der Waals surface area contributed by atoms with Crippen molar-refractivity contribution in [2.75, 3.05) is 18.5 Å². The summed E-state index contributed by atoms with van der Waals surface area (Å²) in [5, 5.41) is 2.92. The zero-order valence-electron chi connectivity index (χ0n) is 9.80. The van der Waals surface area contributed by atoms with Gasteiger partial charge < -0.3 is 14.6 Å². The third-order valence-corrected chi connectivity index (χ3v) is 2.35. The van der Waals surface area contributed by atoms with Crippen molar-refractivity contribution in [1.82, 2.24) is 14.5 Å². The molecule has 2 rings (SSSR count). The number of anilines is 1. The lowest BCUT2D eigenvalue weighted by Gasteiger charge is -2.05. The molecule has 0 unspecified atom stereocenters. The Morgan fingerprint density at radius 3 is 3.12 bits per heavy atom. The fourth-order valence-corrected chi connectivity index (χ4v) is 1.56. The molecule has 0 aromatic carbocycles. The van der Waals surface area contributed by atoms with Crippen LogP contribution >= 0.6 is 0 Å². The van der Waals surface area contributed by atoms with Gasteiger partial charge in [-0.15, -0.1) is 0 Å². The van der Waals surface area contributed by atoms with Crippen LogP contribution in [0, 0.1) is 0 Å². The molecule has 2 heterocycles. The van der Waals surface area contributed by atoms with Crippen LogP contribution < -0.4 is 5.32 Å². The van der Waals surface area contributed by atoms with Gasteiger partial charge in [0.15, 0.2) is 5.82 Å². The van der Waals surface area contributed by atoms with Gasteiger partial charge in [-0.3, -0.25) is 4.79 Å². The van der Waals surface area contributed by atoms with E-state index < -0.39 is 0 Å². The molecule has 0 aliphatic rings. The van der Waals surface area contributed by atoms with Crippen molar-refractivity contribution in [3.63, 3.8) is 0 Å². The van der Waals surface area contributed by atoms with E-state index in [1.807, 2.05) is 17.7 Å². The lowest BCUT2D eigenvalue weighted by molar-refractivity contribution is -0.140. The summed E-state index contributed by atoms with van der Waals surface area (Å²) in [7, 11) is 1.91. The Kier molecular flexibility index (Phi) is 3.22. The summed E-state index contributed by atoms with van der Waals surface area (Å²) in [5.74, 6) is 0.290. The first-order valence-corrected chi connectivity index (χ1v) is 5.38. The van der Waals surface area contributed by atoms with Crippen LogP contribution in [0.5, 0.6) is 0 Å². The minimum atomic E-state index is -0.303. The molecule has 0 saturated heterocycles. The van der Waals surface area contributed by atoms with E-state index in [0.717, 1.165) is 11.0 Å². The fraction of sp³-hybridized carbons (Fsp3) is 0.364. The number of hydrogen-bond acceptors (Lipinski definition) is 5. The number of nitrogens with one attached hydrogen (secondary N) is 1. The van der Waals surface area contributed by atoms with E-state index in [0.29, 0.717) is 12.4 Å². The first kappa shape index (κ1) is 11.4. The van der Waals surface area contributed by atoms with Gasteiger partial charge in [0.05, 0.1) is 18.5 Å². The number of carbonyl (C=O) groups excluding carboxylic acids is 1. The number of carbonyl (C=O) groups is 1. The van der Waals surface area contributed by atoms with Crippen LogP contribution in [0.1, 0.15) is 6.92 Å². The number of aryl methyl sites for hydroxylation is 1. The standard InChI is InChI=1S/C11H14N4O2/c1-3-17-9(16)6-13-11-10-8(4-5-12-11)15(2)7-14-10/h4-5,7H,3,6H2,1-2H3,(H,12,13). The SMILES string of the molecule is CCOC(=O)CNc1nccc2c1ncn2C. The molecule has 0 fully saturated rings. The predicted molar refractivity (Wildman–Crippen MR) is 63.6 cm³/mol. The summed E-state index contributed by atoms with van der Waals surface area (Å²) in [6.07, 6.45) is 3.39. The van der Waals surface area contributed by atoms with Crippen LogP contribution in [-0.4, -0.2) is 33.7 Å². The van der Waals surface area contributed by atoms with Gasteiger partial charge in [-0.2, -0.15) is 0 Å². The van der Waals surface area contributed by atoms with E-state index in [1.54, 1.807) is 19.4 Å². The van der Waals surface area contributed by atoms with E-state index >= 15 is 0 Å². The Morgan fingerprint density at radius 2 is 2.35 bits per heavy atom. The largest absolute Gasteiger partial charge is 0.465 e. The molecule has 0 aliphatic heterocycles. The van der Waals surface area contributed by atoms with Crippen molar-refractivity contribution in [3.05, 3.63) is 18.6 Å². The van der Waals surface area contributed by atoms with Crippen molar-refractivity contribution >= 4 is 22.8 Å². The van der Waals surface area contributed by atoms with E-state index in [2.05, 4.69) is 15.3 Å². The molecule has 2 aromatic rings. The van der Waals surface area contributed by atoms with Gasteiger partial charge >= 0.3 is 5.97 Å². The van der Waals surface area contributed by atoms with Crippen molar-refractivity contribution in [2.45, 2.75) is 6.92 Å². The van der Waals surface area contributed by atoms with Gasteiger partial charge in [0, 0.05) is 13.2 Å². The minimum Gasteiger partial charge on any atom is -0.465 e. The Hall–Kier alpha value is -2.11. The molecule has 0 bridgehead atoms. The number of hydrogen-bond donors (Lipinski definition) is 1. The fourth-order valence-electron chi connectivity index (χ4n) is 1.56. The lowest BCUT2D eigenvalue weighted by Crippen LogP contribution is -2.17. The Bertz CT molecular complexity index is 535. The van der Waals surface area contributed by atoms with Crippen LogP contribution in [0.25, 0.3) is 11.0 Å². The quantitative estimate of drug-likeness (QED) is 0.797. The third kappa shape index (κ3) is 2.35. The highest BCUT2D eigenvalue weighted by atomic mass is 16.5. The second kappa shape index (κ2) is 4.82. The molecule has 0 amide bonds. The molecular formula is C11H14N4O2. The maximum atomic E-state index is 11.2. The first-order valence-electron chi connectivity index (χ1n) is 5.38. The van der Waals surface area contributed by atoms with Gasteiger partial charge in [-0.1, -0.05) is 0 Å². The first-order chi connectivity index (χ1) is 8.22. The van der Waals surface area contributed by atoms with E-state index in [1.165, 1.54) is 0 Å². The summed E-state index contributed by atoms with van der Waals surface area (Å²) in [5.41, 5.74) is 1.71. The molecule has 2 aromatic heterocycles. The van der Waals surface area contributed by atoms with Gasteiger partial charge in [0.1, 0.15) is 12.1 Å². The third-order valence-electron chi connectivity index (χ3n) is 2.35. The highest BCUT2D eigenvalue weighted by molar-refractivity contribution is 5.87. The zero-order chi connectivity index (χ0) is 12.3. The van der Waals surface area contributed by atoms with Gasteiger partial charge in [0.25, 0.3) is 0 Å². The molecule has 90 valence electrons. The maximum absolute atomic E-state index is 11.2. The number of aromatic nitrogens is 3. The predicted octanol–water partition coefficient (Wildman–Crippen LogP) is 0.943. The number of rotatable bonds is 4. The summed E-state index contributed by atoms with van der Waals surface area (Å²) >= 11 is 0. The summed E-state index contributed by atoms with van der Waals surface area (Å²) in [6, 6.07) is 1.87. The molecule has 1 N–H and O–H groups in total. The topological polar surface area (TPSA) is 69.0 Å². The van der Waals surface area contributed by atoms with Crippen LogP contribution in [0.2, 0.25) is 0 Å². The molecule has 0 saturated carbocycles. The van der Waals surface area contributed by atoms with Crippen LogP contribution in [-0.2, 0) is 16.6 Å². The molecule has 0 atom stereocenters. The van der Waals surface area contributed by atoms with Gasteiger partial charge in [0.2, 0.25) is 0 Å². The lowest BCUT2D eigenvalue weighted by atomic mass is 10.4. The molecule has 0 aliphatic carbocycles. The molecular weight excluding hydrogens is 220 g/mol. The normalized spacial score (nSPS) is 10.5. The monoisotopic (exact) mass is 234 g/mol. The zero-order valence-corrected chi connectivity index (χ0v) is 9.80. The van der Waals surface area contributed by atoms with Crippen molar-refractivity contribution < 1.29 is 9.53 Å². The summed E-state index contributed by atoms with van der Waals surface area (Å²) < 4.78 is 6.72. The van der Waals surface area contributed by atoms with Gasteiger partial charge in [-0.25, -0.2) is 9.97 Å². The van der Waals surface area contributed by atoms with Gasteiger partial charge in [-0.05, 0) is 13.0 Å². The van der Waals surface area contributed by atoms with Crippen LogP contribution in [0.4, 0.5) is 5.82 Å². The number of imidazole rings is 1. The molecule has 0 spiro atoms. The summed E-state index contributed by atoms with van der Waals surface area (Å²) in [4.78, 5) is 19.6. The van der Waals surface area contributed by atoms with Crippen molar-refractivity contribution in [3.8, 4) is 0 Å².